The van der Waals surface area contributed by atoms with Crippen molar-refractivity contribution >= 4 is 21.6 Å². The van der Waals surface area contributed by atoms with Gasteiger partial charge in [-0.2, -0.15) is 0 Å². The molecule has 0 atom stereocenters. The number of ether oxygens (including phenoxy) is 2. The second-order valence-electron chi connectivity index (χ2n) is 7.24. The third-order valence-corrected chi connectivity index (χ3v) is 5.42. The van der Waals surface area contributed by atoms with Crippen molar-refractivity contribution in [2.45, 2.75) is 32.8 Å². The maximum absolute atomic E-state index is 12.3. The number of hydrogen-bond acceptors (Lipinski definition) is 5. The molecule has 1 amide bonds. The number of carbonyl (C=O) groups excluding carboxylic acids is 1. The van der Waals surface area contributed by atoms with Crippen LogP contribution in [0, 0.1) is 0 Å². The van der Waals surface area contributed by atoms with E-state index in [2.05, 4.69) is 5.32 Å². The van der Waals surface area contributed by atoms with Crippen molar-refractivity contribution in [1.29, 1.82) is 0 Å². The minimum absolute atomic E-state index is 0.0182. The molecule has 0 aliphatic carbocycles. The molecule has 2 aromatic carbocycles. The molecule has 0 heterocycles. The number of rotatable bonds is 11. The van der Waals surface area contributed by atoms with Gasteiger partial charge in [-0.1, -0.05) is 12.1 Å². The fourth-order valence-corrected chi connectivity index (χ4v) is 3.75. The largest absolute Gasteiger partial charge is 0.497 e. The summed E-state index contributed by atoms with van der Waals surface area (Å²) >= 11 is 0. The summed E-state index contributed by atoms with van der Waals surface area (Å²) in [6, 6.07) is 14.4. The molecule has 0 spiro atoms. The van der Waals surface area contributed by atoms with Gasteiger partial charge >= 0.3 is 0 Å². The molecule has 164 valence electrons. The first-order valence-electron chi connectivity index (χ1n) is 9.83. The van der Waals surface area contributed by atoms with Crippen LogP contribution in [0.15, 0.2) is 48.5 Å². The molecule has 0 fully saturated rings. The van der Waals surface area contributed by atoms with Gasteiger partial charge < -0.3 is 14.8 Å². The van der Waals surface area contributed by atoms with Crippen LogP contribution in [0.1, 0.15) is 25.8 Å². The van der Waals surface area contributed by atoms with Gasteiger partial charge in [-0.25, -0.2) is 8.42 Å². The van der Waals surface area contributed by atoms with Crippen molar-refractivity contribution in [2.75, 3.05) is 30.8 Å². The van der Waals surface area contributed by atoms with Crippen LogP contribution in [0.4, 0.5) is 5.69 Å². The standard InChI is InChI=1S/C22H30N2O5S/c1-17(2)29-20-12-10-19(11-13-20)24(30(4,26)27)16-22(25)23-14-6-8-18-7-5-9-21(15-18)28-3/h5,7,9-13,15,17H,6,8,14,16H2,1-4H3,(H,23,25). The molecule has 0 aliphatic heterocycles. The Balaban J connectivity index is 1.90. The average Bonchev–Trinajstić information content (AvgIpc) is 2.69. The van der Waals surface area contributed by atoms with Crippen LogP contribution < -0.4 is 19.1 Å². The monoisotopic (exact) mass is 434 g/mol. The topological polar surface area (TPSA) is 84.9 Å². The van der Waals surface area contributed by atoms with Crippen LogP contribution in [0.3, 0.4) is 0 Å². The van der Waals surface area contributed by atoms with Gasteiger partial charge in [0.25, 0.3) is 0 Å². The maximum atomic E-state index is 12.3. The second kappa shape index (κ2) is 10.9. The summed E-state index contributed by atoms with van der Waals surface area (Å²) in [7, 11) is -1.99. The van der Waals surface area contributed by atoms with E-state index in [9.17, 15) is 13.2 Å². The summed E-state index contributed by atoms with van der Waals surface area (Å²) in [5, 5.41) is 2.79. The zero-order valence-electron chi connectivity index (χ0n) is 17.9. The molecule has 7 nitrogen and oxygen atoms in total. The quantitative estimate of drug-likeness (QED) is 0.550. The van der Waals surface area contributed by atoms with Gasteiger partial charge in [0.05, 0.1) is 25.2 Å². The van der Waals surface area contributed by atoms with E-state index in [1.165, 1.54) is 0 Å². The predicted octanol–water partition coefficient (Wildman–Crippen LogP) is 3.00. The Kier molecular flexibility index (Phi) is 8.53. The van der Waals surface area contributed by atoms with E-state index in [1.54, 1.807) is 31.4 Å². The number of aryl methyl sites for hydroxylation is 1. The Morgan fingerprint density at radius 3 is 2.40 bits per heavy atom. The highest BCUT2D eigenvalue weighted by Gasteiger charge is 2.20. The number of sulfonamides is 1. The Labute approximate surface area is 179 Å². The molecule has 0 radical (unpaired) electrons. The Morgan fingerprint density at radius 1 is 1.10 bits per heavy atom. The lowest BCUT2D eigenvalue weighted by atomic mass is 10.1. The van der Waals surface area contributed by atoms with E-state index >= 15 is 0 Å². The molecule has 0 bridgehead atoms. The van der Waals surface area contributed by atoms with Crippen molar-refractivity contribution in [3.63, 3.8) is 0 Å². The normalized spacial score (nSPS) is 11.2. The van der Waals surface area contributed by atoms with Gasteiger partial charge in [0.15, 0.2) is 0 Å². The predicted molar refractivity (Wildman–Crippen MR) is 119 cm³/mol. The number of hydrogen-bond donors (Lipinski definition) is 1. The van der Waals surface area contributed by atoms with Gasteiger partial charge in [0.2, 0.25) is 15.9 Å². The summed E-state index contributed by atoms with van der Waals surface area (Å²) in [6.07, 6.45) is 2.62. The fourth-order valence-electron chi connectivity index (χ4n) is 2.90. The highest BCUT2D eigenvalue weighted by Crippen LogP contribution is 2.22. The average molecular weight is 435 g/mol. The van der Waals surface area contributed by atoms with E-state index in [0.29, 0.717) is 18.0 Å². The van der Waals surface area contributed by atoms with Gasteiger partial charge in [0.1, 0.15) is 18.0 Å². The number of benzene rings is 2. The molecule has 30 heavy (non-hydrogen) atoms. The van der Waals surface area contributed by atoms with E-state index in [-0.39, 0.29) is 18.6 Å². The summed E-state index contributed by atoms with van der Waals surface area (Å²) in [6.45, 7) is 4.00. The van der Waals surface area contributed by atoms with Gasteiger partial charge in [-0.15, -0.1) is 0 Å². The number of anilines is 1. The van der Waals surface area contributed by atoms with Crippen LogP contribution in [0.25, 0.3) is 0 Å². The van der Waals surface area contributed by atoms with Crippen molar-refractivity contribution in [3.8, 4) is 11.5 Å². The second-order valence-corrected chi connectivity index (χ2v) is 9.14. The Morgan fingerprint density at radius 2 is 1.80 bits per heavy atom. The lowest BCUT2D eigenvalue weighted by molar-refractivity contribution is -0.119. The fraction of sp³-hybridized carbons (Fsp3) is 0.409. The lowest BCUT2D eigenvalue weighted by Crippen LogP contribution is -2.40. The SMILES string of the molecule is COc1cccc(CCCNC(=O)CN(c2ccc(OC(C)C)cc2)S(C)(=O)=O)c1. The van der Waals surface area contributed by atoms with Crippen LogP contribution in [-0.2, 0) is 21.2 Å². The summed E-state index contributed by atoms with van der Waals surface area (Å²) in [5.74, 6) is 1.09. The molecule has 0 saturated heterocycles. The minimum Gasteiger partial charge on any atom is -0.497 e. The van der Waals surface area contributed by atoms with Gasteiger partial charge in [-0.3, -0.25) is 9.10 Å². The highest BCUT2D eigenvalue weighted by atomic mass is 32.2. The molecule has 0 unspecified atom stereocenters. The molecule has 2 rings (SSSR count). The zero-order chi connectivity index (χ0) is 22.1. The van der Waals surface area contributed by atoms with Crippen LogP contribution in [0.2, 0.25) is 0 Å². The third-order valence-electron chi connectivity index (χ3n) is 4.28. The number of nitrogens with zero attached hydrogens (tertiary/aromatic N) is 1. The Hall–Kier alpha value is -2.74. The van der Waals surface area contributed by atoms with Gasteiger partial charge in [-0.05, 0) is 68.7 Å². The smallest absolute Gasteiger partial charge is 0.240 e. The van der Waals surface area contributed by atoms with Crippen molar-refractivity contribution in [3.05, 3.63) is 54.1 Å². The molecular weight excluding hydrogens is 404 g/mol. The first-order chi connectivity index (χ1) is 14.2. The van der Waals surface area contributed by atoms with Gasteiger partial charge in [0, 0.05) is 6.54 Å². The van der Waals surface area contributed by atoms with E-state index < -0.39 is 10.0 Å². The van der Waals surface area contributed by atoms with E-state index in [0.717, 1.165) is 34.7 Å². The first-order valence-corrected chi connectivity index (χ1v) is 11.7. The third kappa shape index (κ3) is 7.59. The summed E-state index contributed by atoms with van der Waals surface area (Å²) < 4.78 is 36.3. The molecule has 0 aliphatic rings. The lowest BCUT2D eigenvalue weighted by Gasteiger charge is -2.22. The zero-order valence-corrected chi connectivity index (χ0v) is 18.7. The number of nitrogens with one attached hydrogen (secondary N) is 1. The van der Waals surface area contributed by atoms with E-state index in [4.69, 9.17) is 9.47 Å². The minimum atomic E-state index is -3.61. The molecule has 2 aromatic rings. The molecule has 0 aromatic heterocycles. The highest BCUT2D eigenvalue weighted by molar-refractivity contribution is 7.92. The van der Waals surface area contributed by atoms with Crippen LogP contribution in [-0.4, -0.2) is 46.9 Å². The maximum Gasteiger partial charge on any atom is 0.240 e. The van der Waals surface area contributed by atoms with Crippen molar-refractivity contribution < 1.29 is 22.7 Å². The summed E-state index contributed by atoms with van der Waals surface area (Å²) in [4.78, 5) is 12.3. The molecule has 8 heteroatoms. The molecular formula is C22H30N2O5S. The number of amides is 1. The molecule has 0 saturated carbocycles. The van der Waals surface area contributed by atoms with Crippen molar-refractivity contribution in [2.24, 2.45) is 0 Å². The first kappa shape index (κ1) is 23.5. The Bertz CT molecular complexity index is 927. The summed E-state index contributed by atoms with van der Waals surface area (Å²) in [5.41, 5.74) is 1.53. The number of carbonyl (C=O) groups is 1. The number of methoxy groups -OCH3 is 1. The van der Waals surface area contributed by atoms with Crippen molar-refractivity contribution in [1.82, 2.24) is 5.32 Å². The van der Waals surface area contributed by atoms with E-state index in [1.807, 2.05) is 38.1 Å². The molecule has 1 N–H and O–H groups in total. The van der Waals surface area contributed by atoms with Crippen LogP contribution in [0.5, 0.6) is 11.5 Å². The van der Waals surface area contributed by atoms with Crippen LogP contribution >= 0.6 is 0 Å².